The van der Waals surface area contributed by atoms with Crippen LogP contribution in [0.4, 0.5) is 4.79 Å². The first-order valence-corrected chi connectivity index (χ1v) is 13.6. The molecule has 0 bridgehead atoms. The highest BCUT2D eigenvalue weighted by Gasteiger charge is 2.36. The van der Waals surface area contributed by atoms with Gasteiger partial charge in [-0.2, -0.15) is 0 Å². The number of rotatable bonds is 14. The summed E-state index contributed by atoms with van der Waals surface area (Å²) < 4.78 is 34.5. The molecule has 0 radical (unpaired) electrons. The minimum atomic E-state index is -2.37. The predicted octanol–water partition coefficient (Wildman–Crippen LogP) is 2.36. The molecule has 1 saturated heterocycles. The quantitative estimate of drug-likeness (QED) is 0.183. The number of ether oxygens (including phenoxy) is 2. The Balaban J connectivity index is 1.64. The van der Waals surface area contributed by atoms with Crippen LogP contribution in [-0.2, 0) is 23.1 Å². The van der Waals surface area contributed by atoms with E-state index in [1.165, 1.54) is 28.6 Å². The van der Waals surface area contributed by atoms with Gasteiger partial charge in [-0.05, 0) is 19.8 Å². The first-order chi connectivity index (χ1) is 16.5. The van der Waals surface area contributed by atoms with E-state index in [-0.39, 0.29) is 25.2 Å². The summed E-state index contributed by atoms with van der Waals surface area (Å²) in [5, 5.41) is 13.1. The molecule has 2 heterocycles. The summed E-state index contributed by atoms with van der Waals surface area (Å²) in [6, 6.07) is 1.25. The third-order valence-electron chi connectivity index (χ3n) is 5.48. The largest absolute Gasteiger partial charge is 0.697 e. The normalized spacial score (nSPS) is 21.5. The number of nitrogens with one attached hydrogen (secondary N) is 2. The maximum atomic E-state index is 12.1. The van der Waals surface area contributed by atoms with Crippen molar-refractivity contribution in [1.82, 2.24) is 14.9 Å². The van der Waals surface area contributed by atoms with Crippen LogP contribution in [0, 0.1) is 11.3 Å². The van der Waals surface area contributed by atoms with Crippen LogP contribution in [0.25, 0.3) is 0 Å². The van der Waals surface area contributed by atoms with E-state index in [2.05, 4.69) is 10.3 Å². The Hall–Kier alpha value is -1.76. The molecule has 1 aliphatic heterocycles. The van der Waals surface area contributed by atoms with E-state index < -0.39 is 42.7 Å². The maximum Gasteiger partial charge on any atom is 0.697 e. The summed E-state index contributed by atoms with van der Waals surface area (Å²) in [7, 11) is -2.37. The zero-order valence-electron chi connectivity index (χ0n) is 20.4. The van der Waals surface area contributed by atoms with Crippen LogP contribution in [0.2, 0.25) is 0 Å². The number of alkyl carbamates (subject to hydrolysis) is 1. The molecule has 5 atom stereocenters. The molecule has 12 nitrogen and oxygen atoms in total. The van der Waals surface area contributed by atoms with Crippen molar-refractivity contribution < 1.29 is 33.0 Å². The summed E-state index contributed by atoms with van der Waals surface area (Å²) >= 11 is 1.26. The molecule has 1 amide bonds. The highest BCUT2D eigenvalue weighted by molar-refractivity contribution is 7.99. The molecule has 14 heteroatoms. The van der Waals surface area contributed by atoms with Crippen LogP contribution in [0.5, 0.6) is 0 Å². The van der Waals surface area contributed by atoms with Crippen LogP contribution >= 0.6 is 20.0 Å². The molecule has 1 fully saturated rings. The standard InChI is InChI=1S/C21H34N3O9PS/c1-5-30-20(28)22-8-7-21(3,4)18(26)35-11-10-31-34(29)32-13-15-12-14(2)17(33-15)24-9-6-16(25)23-19(24)27/h6,9,14-15,17-18,26H,5,7-8,10-13H2,1-4H3,(H-,22,23,25,27,28)/p+1/t14-,15-,17+,18?/m0/s1. The lowest BCUT2D eigenvalue weighted by atomic mass is 9.90. The molecule has 0 aliphatic carbocycles. The van der Waals surface area contributed by atoms with Crippen LogP contribution in [0.3, 0.4) is 0 Å². The van der Waals surface area contributed by atoms with Crippen molar-refractivity contribution in [1.29, 1.82) is 0 Å². The topological polar surface area (TPSA) is 158 Å². The summed E-state index contributed by atoms with van der Waals surface area (Å²) in [4.78, 5) is 36.8. The second kappa shape index (κ2) is 14.1. The number of aromatic nitrogens is 2. The van der Waals surface area contributed by atoms with Gasteiger partial charge in [0.05, 0.1) is 12.7 Å². The van der Waals surface area contributed by atoms with Gasteiger partial charge in [-0.15, -0.1) is 20.8 Å². The number of aliphatic hydroxyl groups excluding tert-OH is 1. The summed E-state index contributed by atoms with van der Waals surface area (Å²) in [6.07, 6.45) is 1.10. The molecule has 1 aromatic heterocycles. The summed E-state index contributed by atoms with van der Waals surface area (Å²) in [6.45, 7) is 8.23. The molecular weight excluding hydrogens is 501 g/mol. The highest BCUT2D eigenvalue weighted by atomic mass is 32.2. The fourth-order valence-corrected chi connectivity index (χ4v) is 5.16. The smallest absolute Gasteiger partial charge is 0.450 e. The minimum Gasteiger partial charge on any atom is -0.450 e. The van der Waals surface area contributed by atoms with E-state index in [0.29, 0.717) is 31.7 Å². The summed E-state index contributed by atoms with van der Waals surface area (Å²) in [5.74, 6) is 0.383. The number of aliphatic hydroxyl groups is 1. The molecule has 2 rings (SSSR count). The Morgan fingerprint density at radius 1 is 1.43 bits per heavy atom. The minimum absolute atomic E-state index is 0.0141. The molecule has 0 saturated carbocycles. The lowest BCUT2D eigenvalue weighted by Crippen LogP contribution is -2.33. The monoisotopic (exact) mass is 536 g/mol. The zero-order chi connectivity index (χ0) is 26.0. The Bertz CT molecular complexity index is 954. The second-order valence-corrected chi connectivity index (χ2v) is 11.0. The van der Waals surface area contributed by atoms with E-state index in [0.717, 1.165) is 0 Å². The van der Waals surface area contributed by atoms with E-state index in [1.807, 2.05) is 20.8 Å². The molecule has 1 aromatic rings. The third kappa shape index (κ3) is 9.66. The van der Waals surface area contributed by atoms with Crippen LogP contribution in [0.15, 0.2) is 21.9 Å². The van der Waals surface area contributed by atoms with Crippen molar-refractivity contribution in [3.63, 3.8) is 0 Å². The van der Waals surface area contributed by atoms with E-state index >= 15 is 0 Å². The van der Waals surface area contributed by atoms with Crippen molar-refractivity contribution in [2.75, 3.05) is 32.1 Å². The molecule has 2 unspecified atom stereocenters. The molecule has 0 spiro atoms. The van der Waals surface area contributed by atoms with E-state index in [4.69, 9.17) is 18.5 Å². The van der Waals surface area contributed by atoms with Crippen molar-refractivity contribution in [3.05, 3.63) is 33.1 Å². The van der Waals surface area contributed by atoms with Crippen molar-refractivity contribution in [2.45, 2.75) is 58.3 Å². The number of aromatic amines is 1. The lowest BCUT2D eigenvalue weighted by Gasteiger charge is -2.29. The molecule has 1 aliphatic rings. The number of nitrogens with zero attached hydrogens (tertiary/aromatic N) is 1. The van der Waals surface area contributed by atoms with Gasteiger partial charge in [0.2, 0.25) is 0 Å². The number of hydrogen-bond donors (Lipinski definition) is 3. The van der Waals surface area contributed by atoms with Gasteiger partial charge < -0.3 is 19.9 Å². The van der Waals surface area contributed by atoms with Gasteiger partial charge >= 0.3 is 20.0 Å². The summed E-state index contributed by atoms with van der Waals surface area (Å²) in [5.41, 5.74) is -2.21. The fourth-order valence-electron chi connectivity index (χ4n) is 3.46. The fraction of sp³-hybridized carbons (Fsp3) is 0.762. The molecular formula is C21H35N3O9PS+. The lowest BCUT2D eigenvalue weighted by molar-refractivity contribution is -0.0304. The Labute approximate surface area is 209 Å². The maximum absolute atomic E-state index is 12.1. The Morgan fingerprint density at radius 3 is 2.86 bits per heavy atom. The van der Waals surface area contributed by atoms with E-state index in [9.17, 15) is 24.1 Å². The number of amides is 1. The Kier molecular flexibility index (Phi) is 11.9. The first-order valence-electron chi connectivity index (χ1n) is 11.4. The highest BCUT2D eigenvalue weighted by Crippen LogP contribution is 2.36. The molecule has 198 valence electrons. The predicted molar refractivity (Wildman–Crippen MR) is 130 cm³/mol. The van der Waals surface area contributed by atoms with Crippen molar-refractivity contribution in [3.8, 4) is 0 Å². The van der Waals surface area contributed by atoms with Crippen LogP contribution < -0.4 is 16.6 Å². The van der Waals surface area contributed by atoms with Gasteiger partial charge in [0, 0.05) is 40.5 Å². The Morgan fingerprint density at radius 2 is 2.17 bits per heavy atom. The van der Waals surface area contributed by atoms with Gasteiger partial charge in [-0.3, -0.25) is 14.3 Å². The molecule has 35 heavy (non-hydrogen) atoms. The SMILES string of the molecule is CCOC(=O)NCCC(C)(C)C(O)SCCO[P+](=O)OC[C@@H]1C[C@H](C)[C@H](n2ccc(=O)[nH]c2=O)O1. The molecule has 0 aromatic carbocycles. The number of carbonyl (C=O) groups excluding carboxylic acids is 1. The van der Waals surface area contributed by atoms with Gasteiger partial charge in [0.25, 0.3) is 5.56 Å². The van der Waals surface area contributed by atoms with E-state index in [1.54, 1.807) is 6.92 Å². The average molecular weight is 537 g/mol. The zero-order valence-corrected chi connectivity index (χ0v) is 22.1. The van der Waals surface area contributed by atoms with Crippen molar-refractivity contribution in [2.24, 2.45) is 11.3 Å². The van der Waals surface area contributed by atoms with Gasteiger partial charge in [0.1, 0.15) is 24.9 Å². The van der Waals surface area contributed by atoms with Crippen LogP contribution in [0.1, 0.15) is 46.8 Å². The molecule has 3 N–H and O–H groups in total. The number of hydrogen-bond acceptors (Lipinski definition) is 10. The van der Waals surface area contributed by atoms with Gasteiger partial charge in [0.15, 0.2) is 0 Å². The third-order valence-corrected chi connectivity index (χ3v) is 7.59. The van der Waals surface area contributed by atoms with Gasteiger partial charge in [-0.1, -0.05) is 20.8 Å². The average Bonchev–Trinajstić information content (AvgIpc) is 3.15. The first kappa shape index (κ1) is 29.5. The number of H-pyrrole nitrogens is 1. The van der Waals surface area contributed by atoms with Crippen LogP contribution in [-0.4, -0.2) is 64.4 Å². The van der Waals surface area contributed by atoms with Crippen molar-refractivity contribution >= 4 is 26.1 Å². The van der Waals surface area contributed by atoms with Gasteiger partial charge in [-0.25, -0.2) is 9.59 Å². The second-order valence-electron chi connectivity index (χ2n) is 8.84. The number of thioether (sulfide) groups is 1. The number of carbonyl (C=O) groups is 1.